The summed E-state index contributed by atoms with van der Waals surface area (Å²) >= 11 is 17.5. The molecule has 2 N–H and O–H groups in total. The summed E-state index contributed by atoms with van der Waals surface area (Å²) in [5, 5.41) is 6.24. The molecule has 3 nitrogen and oxygen atoms in total. The highest BCUT2D eigenvalue weighted by atomic mass is 35.5. The van der Waals surface area contributed by atoms with Crippen LogP contribution in [0.5, 0.6) is 0 Å². The summed E-state index contributed by atoms with van der Waals surface area (Å²) < 4.78 is 13.0. The third kappa shape index (κ3) is 4.49. The molecule has 1 amide bonds. The van der Waals surface area contributed by atoms with Crippen molar-refractivity contribution < 1.29 is 9.18 Å². The standard InChI is InChI=1S/C14H10Cl3FN2O/c15-8-1-3-10(4-2-8)20-13(21)7-19-14-11(16)5-9(18)6-12(14)17/h1-6,19H,7H2,(H,20,21). The first-order valence-electron chi connectivity index (χ1n) is 5.89. The van der Waals surface area contributed by atoms with Gasteiger partial charge in [0.2, 0.25) is 5.91 Å². The summed E-state index contributed by atoms with van der Waals surface area (Å²) in [6.07, 6.45) is 0. The minimum atomic E-state index is -0.541. The molecule has 2 aromatic carbocycles. The van der Waals surface area contributed by atoms with E-state index >= 15 is 0 Å². The lowest BCUT2D eigenvalue weighted by molar-refractivity contribution is -0.114. The van der Waals surface area contributed by atoms with Crippen molar-refractivity contribution in [3.05, 3.63) is 57.3 Å². The largest absolute Gasteiger partial charge is 0.374 e. The maximum atomic E-state index is 13.0. The Morgan fingerprint density at radius 1 is 1.05 bits per heavy atom. The fourth-order valence-electron chi connectivity index (χ4n) is 1.62. The molecular weight excluding hydrogens is 338 g/mol. The predicted molar refractivity (Wildman–Crippen MR) is 85.0 cm³/mol. The monoisotopic (exact) mass is 346 g/mol. The molecule has 0 aromatic heterocycles. The van der Waals surface area contributed by atoms with Gasteiger partial charge in [-0.2, -0.15) is 0 Å². The number of hydrogen-bond acceptors (Lipinski definition) is 2. The second-order valence-corrected chi connectivity index (χ2v) is 5.40. The smallest absolute Gasteiger partial charge is 0.243 e. The van der Waals surface area contributed by atoms with E-state index < -0.39 is 5.82 Å². The number of anilines is 2. The van der Waals surface area contributed by atoms with E-state index in [2.05, 4.69) is 10.6 Å². The molecule has 0 bridgehead atoms. The molecule has 0 unspecified atom stereocenters. The minimum absolute atomic E-state index is 0.0618. The molecule has 0 aliphatic rings. The quantitative estimate of drug-likeness (QED) is 0.831. The van der Waals surface area contributed by atoms with Crippen molar-refractivity contribution in [1.82, 2.24) is 0 Å². The molecule has 0 saturated carbocycles. The fourth-order valence-corrected chi connectivity index (χ4v) is 2.34. The zero-order valence-electron chi connectivity index (χ0n) is 10.6. The SMILES string of the molecule is O=C(CNc1c(Cl)cc(F)cc1Cl)Nc1ccc(Cl)cc1. The molecule has 0 atom stereocenters. The molecule has 2 aromatic rings. The van der Waals surface area contributed by atoms with Gasteiger partial charge in [-0.25, -0.2) is 4.39 Å². The molecule has 7 heteroatoms. The average molecular weight is 348 g/mol. The molecule has 2 rings (SSSR count). The lowest BCUT2D eigenvalue weighted by atomic mass is 10.3. The van der Waals surface area contributed by atoms with Gasteiger partial charge in [0.25, 0.3) is 0 Å². The molecule has 0 saturated heterocycles. The van der Waals surface area contributed by atoms with Gasteiger partial charge in [0, 0.05) is 10.7 Å². The summed E-state index contributed by atoms with van der Waals surface area (Å²) in [6.45, 7) is -0.0618. The number of hydrogen-bond donors (Lipinski definition) is 2. The van der Waals surface area contributed by atoms with Gasteiger partial charge < -0.3 is 10.6 Å². The Balaban J connectivity index is 1.97. The van der Waals surface area contributed by atoms with Gasteiger partial charge >= 0.3 is 0 Å². The zero-order valence-corrected chi connectivity index (χ0v) is 12.9. The Bertz CT molecular complexity index is 639. The second-order valence-electron chi connectivity index (χ2n) is 4.15. The van der Waals surface area contributed by atoms with E-state index in [-0.39, 0.29) is 22.5 Å². The summed E-state index contributed by atoms with van der Waals surface area (Å²) in [5.74, 6) is -0.838. The van der Waals surface area contributed by atoms with E-state index in [4.69, 9.17) is 34.8 Å². The maximum absolute atomic E-state index is 13.0. The van der Waals surface area contributed by atoms with Crippen molar-refractivity contribution in [1.29, 1.82) is 0 Å². The van der Waals surface area contributed by atoms with E-state index in [9.17, 15) is 9.18 Å². The number of carbonyl (C=O) groups excluding carboxylic acids is 1. The van der Waals surface area contributed by atoms with Crippen molar-refractivity contribution in [2.24, 2.45) is 0 Å². The highest BCUT2D eigenvalue weighted by molar-refractivity contribution is 6.39. The molecule has 21 heavy (non-hydrogen) atoms. The Kier molecular flexibility index (Phi) is 5.28. The maximum Gasteiger partial charge on any atom is 0.243 e. The van der Waals surface area contributed by atoms with Crippen molar-refractivity contribution in [2.45, 2.75) is 0 Å². The number of halogens is 4. The molecule has 0 spiro atoms. The summed E-state index contributed by atoms with van der Waals surface area (Å²) in [4.78, 5) is 11.8. The van der Waals surface area contributed by atoms with Gasteiger partial charge in [-0.1, -0.05) is 34.8 Å². The van der Waals surface area contributed by atoms with Gasteiger partial charge in [-0.3, -0.25) is 4.79 Å². The number of rotatable bonds is 4. The number of benzene rings is 2. The third-order valence-electron chi connectivity index (χ3n) is 2.56. The Labute approximate surface area is 136 Å². The predicted octanol–water partition coefficient (Wildman–Crippen LogP) is 4.84. The molecule has 110 valence electrons. The Morgan fingerprint density at radius 2 is 1.62 bits per heavy atom. The van der Waals surface area contributed by atoms with Crippen LogP contribution in [0.4, 0.5) is 15.8 Å². The van der Waals surface area contributed by atoms with E-state index in [1.165, 1.54) is 0 Å². The highest BCUT2D eigenvalue weighted by Gasteiger charge is 2.10. The van der Waals surface area contributed by atoms with Crippen LogP contribution in [0.15, 0.2) is 36.4 Å². The van der Waals surface area contributed by atoms with E-state index in [0.717, 1.165) is 12.1 Å². The zero-order chi connectivity index (χ0) is 15.4. The van der Waals surface area contributed by atoms with E-state index in [1.54, 1.807) is 24.3 Å². The van der Waals surface area contributed by atoms with Crippen LogP contribution in [0.1, 0.15) is 0 Å². The van der Waals surface area contributed by atoms with Crippen LogP contribution in [0.25, 0.3) is 0 Å². The van der Waals surface area contributed by atoms with Crippen LogP contribution in [0, 0.1) is 5.82 Å². The van der Waals surface area contributed by atoms with Gasteiger partial charge in [0.1, 0.15) is 5.82 Å². The van der Waals surface area contributed by atoms with Gasteiger partial charge in [-0.15, -0.1) is 0 Å². The topological polar surface area (TPSA) is 41.1 Å². The molecular formula is C14H10Cl3FN2O. The van der Waals surface area contributed by atoms with Crippen LogP contribution in [0.2, 0.25) is 15.1 Å². The van der Waals surface area contributed by atoms with Crippen LogP contribution in [-0.4, -0.2) is 12.5 Å². The molecule has 0 heterocycles. The lowest BCUT2D eigenvalue weighted by Gasteiger charge is -2.11. The fraction of sp³-hybridized carbons (Fsp3) is 0.0714. The Hall–Kier alpha value is -1.49. The highest BCUT2D eigenvalue weighted by Crippen LogP contribution is 2.31. The van der Waals surface area contributed by atoms with Crippen LogP contribution >= 0.6 is 34.8 Å². The third-order valence-corrected chi connectivity index (χ3v) is 3.41. The van der Waals surface area contributed by atoms with Crippen LogP contribution in [0.3, 0.4) is 0 Å². The molecule has 0 aliphatic carbocycles. The minimum Gasteiger partial charge on any atom is -0.374 e. The van der Waals surface area contributed by atoms with E-state index in [1.807, 2.05) is 0 Å². The first kappa shape index (κ1) is 15.9. The summed E-state index contributed by atoms with van der Waals surface area (Å²) in [7, 11) is 0. The second kappa shape index (κ2) is 6.98. The summed E-state index contributed by atoms with van der Waals surface area (Å²) in [6, 6.07) is 8.92. The molecule has 0 aliphatic heterocycles. The van der Waals surface area contributed by atoms with Crippen molar-refractivity contribution in [3.63, 3.8) is 0 Å². The van der Waals surface area contributed by atoms with Crippen LogP contribution in [-0.2, 0) is 4.79 Å². The average Bonchev–Trinajstić information content (AvgIpc) is 2.40. The molecule has 0 radical (unpaired) electrons. The number of carbonyl (C=O) groups is 1. The Morgan fingerprint density at radius 3 is 2.19 bits per heavy atom. The van der Waals surface area contributed by atoms with Gasteiger partial charge in [0.05, 0.1) is 22.3 Å². The van der Waals surface area contributed by atoms with E-state index in [0.29, 0.717) is 16.4 Å². The number of amides is 1. The lowest BCUT2D eigenvalue weighted by Crippen LogP contribution is -2.22. The van der Waals surface area contributed by atoms with Gasteiger partial charge in [0.15, 0.2) is 0 Å². The van der Waals surface area contributed by atoms with Crippen molar-refractivity contribution >= 4 is 52.1 Å². The first-order valence-corrected chi connectivity index (χ1v) is 7.03. The van der Waals surface area contributed by atoms with Crippen molar-refractivity contribution in [3.8, 4) is 0 Å². The molecule has 0 fully saturated rings. The first-order chi connectivity index (χ1) is 9.95. The number of nitrogens with one attached hydrogen (secondary N) is 2. The summed E-state index contributed by atoms with van der Waals surface area (Å²) in [5.41, 5.74) is 0.925. The van der Waals surface area contributed by atoms with Crippen LogP contribution < -0.4 is 10.6 Å². The normalized spacial score (nSPS) is 10.3. The van der Waals surface area contributed by atoms with Crippen molar-refractivity contribution in [2.75, 3.05) is 17.2 Å². The van der Waals surface area contributed by atoms with Gasteiger partial charge in [-0.05, 0) is 36.4 Å².